The molecule has 1 N–H and O–H groups in total. The zero-order chi connectivity index (χ0) is 22.2. The fourth-order valence-corrected chi connectivity index (χ4v) is 4.26. The van der Waals surface area contributed by atoms with E-state index in [1.165, 1.54) is 6.07 Å². The van der Waals surface area contributed by atoms with Crippen molar-refractivity contribution >= 4 is 39.3 Å². The molecule has 7 nitrogen and oxygen atoms in total. The minimum atomic E-state index is -0.406. The van der Waals surface area contributed by atoms with Gasteiger partial charge in [0.05, 0.1) is 12.1 Å². The van der Waals surface area contributed by atoms with Crippen molar-refractivity contribution in [2.24, 2.45) is 7.05 Å². The van der Waals surface area contributed by atoms with E-state index in [0.29, 0.717) is 28.6 Å². The lowest BCUT2D eigenvalue weighted by molar-refractivity contribution is 0.276. The van der Waals surface area contributed by atoms with Gasteiger partial charge in [-0.15, -0.1) is 5.10 Å². The Balaban J connectivity index is 1.61. The molecule has 0 bridgehead atoms. The molecule has 2 aromatic carbocycles. The van der Waals surface area contributed by atoms with E-state index in [0.717, 1.165) is 33.9 Å². The van der Waals surface area contributed by atoms with Gasteiger partial charge in [0.15, 0.2) is 11.5 Å². The Labute approximate surface area is 197 Å². The third kappa shape index (κ3) is 6.31. The molecule has 1 heterocycles. The molecule has 0 atom stereocenters. The van der Waals surface area contributed by atoms with Gasteiger partial charge in [-0.05, 0) is 47.7 Å². The summed E-state index contributed by atoms with van der Waals surface area (Å²) in [6.07, 6.45) is 0.931. The van der Waals surface area contributed by atoms with Crippen LogP contribution in [0.5, 0.6) is 11.5 Å². The summed E-state index contributed by atoms with van der Waals surface area (Å²) in [7, 11) is 3.39. The van der Waals surface area contributed by atoms with Crippen LogP contribution in [0.2, 0.25) is 5.02 Å². The van der Waals surface area contributed by atoms with Gasteiger partial charge in [-0.2, -0.15) is 0 Å². The number of halogens is 3. The number of ether oxygens (including phenoxy) is 2. The third-order valence-electron chi connectivity index (χ3n) is 4.42. The van der Waals surface area contributed by atoms with E-state index in [1.54, 1.807) is 41.8 Å². The predicted octanol–water partition coefficient (Wildman–Crippen LogP) is 4.62. The van der Waals surface area contributed by atoms with E-state index in [2.05, 4.69) is 36.8 Å². The van der Waals surface area contributed by atoms with E-state index in [9.17, 15) is 4.39 Å². The second kappa shape index (κ2) is 11.7. The molecule has 1 aromatic heterocycles. The lowest BCUT2D eigenvalue weighted by atomic mass is 10.1. The van der Waals surface area contributed by atoms with Gasteiger partial charge in [-0.25, -0.2) is 9.07 Å². The molecule has 31 heavy (non-hydrogen) atoms. The number of nitrogens with one attached hydrogen (secondary N) is 1. The molecule has 0 aliphatic heterocycles. The number of rotatable bonds is 11. The van der Waals surface area contributed by atoms with Crippen LogP contribution in [0, 0.1) is 5.82 Å². The molecule has 0 saturated heterocycles. The van der Waals surface area contributed by atoms with Gasteiger partial charge in [-0.3, -0.25) is 0 Å². The van der Waals surface area contributed by atoms with Crippen molar-refractivity contribution in [3.8, 4) is 11.5 Å². The molecule has 0 aliphatic rings. The number of aryl methyl sites for hydroxylation is 1. The standard InChI is InChI=1S/C20H22BrClFN5O2S/c1-28-20(25-26-27-28)31-10-4-9-24-11-13-15(21)7-8-18(29-2)19(13)30-12-14-16(22)5-3-6-17(14)23/h3,5-8,24H,4,9-12H2,1-2H3. The van der Waals surface area contributed by atoms with E-state index in [-0.39, 0.29) is 6.61 Å². The molecule has 0 spiro atoms. The topological polar surface area (TPSA) is 74.1 Å². The Kier molecular flexibility index (Phi) is 8.94. The van der Waals surface area contributed by atoms with Crippen molar-refractivity contribution in [1.82, 2.24) is 25.5 Å². The van der Waals surface area contributed by atoms with Crippen LogP contribution in [-0.4, -0.2) is 39.6 Å². The molecule has 0 saturated carbocycles. The monoisotopic (exact) mass is 529 g/mol. The SMILES string of the molecule is COc1ccc(Br)c(CNCCCSc2nnnn2C)c1OCc1c(F)cccc1Cl. The Morgan fingerprint density at radius 2 is 2.10 bits per heavy atom. The van der Waals surface area contributed by atoms with Gasteiger partial charge in [-0.1, -0.05) is 45.4 Å². The van der Waals surface area contributed by atoms with Crippen LogP contribution < -0.4 is 14.8 Å². The molecule has 0 aliphatic carbocycles. The number of nitrogens with zero attached hydrogens (tertiary/aromatic N) is 4. The Hall–Kier alpha value is -1.88. The average Bonchev–Trinajstić information content (AvgIpc) is 3.16. The highest BCUT2D eigenvalue weighted by atomic mass is 79.9. The van der Waals surface area contributed by atoms with E-state index < -0.39 is 5.82 Å². The zero-order valence-electron chi connectivity index (χ0n) is 17.1. The molecule has 0 amide bonds. The first kappa shape index (κ1) is 23.8. The van der Waals surface area contributed by atoms with Crippen molar-refractivity contribution in [1.29, 1.82) is 0 Å². The maximum Gasteiger partial charge on any atom is 0.209 e. The molecule has 3 rings (SSSR count). The Morgan fingerprint density at radius 1 is 1.26 bits per heavy atom. The maximum absolute atomic E-state index is 14.1. The lowest BCUT2D eigenvalue weighted by Gasteiger charge is -2.18. The molecular weight excluding hydrogens is 509 g/mol. The number of tetrazole rings is 1. The second-order valence-electron chi connectivity index (χ2n) is 6.51. The summed E-state index contributed by atoms with van der Waals surface area (Å²) in [6.45, 7) is 1.34. The number of methoxy groups -OCH3 is 1. The quantitative estimate of drug-likeness (QED) is 0.286. The zero-order valence-corrected chi connectivity index (χ0v) is 20.2. The fraction of sp³-hybridized carbons (Fsp3) is 0.350. The number of hydrogen-bond acceptors (Lipinski definition) is 7. The molecule has 0 radical (unpaired) electrons. The molecule has 0 fully saturated rings. The fourth-order valence-electron chi connectivity index (χ4n) is 2.80. The first-order chi connectivity index (χ1) is 15.0. The molecule has 11 heteroatoms. The van der Waals surface area contributed by atoms with Crippen LogP contribution >= 0.6 is 39.3 Å². The number of thioether (sulfide) groups is 1. The highest BCUT2D eigenvalue weighted by Crippen LogP contribution is 2.37. The van der Waals surface area contributed by atoms with Crippen LogP contribution in [0.4, 0.5) is 4.39 Å². The van der Waals surface area contributed by atoms with Crippen LogP contribution in [0.15, 0.2) is 40.0 Å². The lowest BCUT2D eigenvalue weighted by Crippen LogP contribution is -2.17. The summed E-state index contributed by atoms with van der Waals surface area (Å²) in [5, 5.41) is 15.9. The minimum absolute atomic E-state index is 0.00625. The summed E-state index contributed by atoms with van der Waals surface area (Å²) in [5.74, 6) is 1.59. The van der Waals surface area contributed by atoms with Crippen LogP contribution in [0.1, 0.15) is 17.5 Å². The van der Waals surface area contributed by atoms with Crippen LogP contribution in [0.3, 0.4) is 0 Å². The predicted molar refractivity (Wildman–Crippen MR) is 122 cm³/mol. The van der Waals surface area contributed by atoms with Gasteiger partial charge in [0.2, 0.25) is 5.16 Å². The third-order valence-corrected chi connectivity index (χ3v) is 6.62. The smallest absolute Gasteiger partial charge is 0.209 e. The Bertz CT molecular complexity index is 1000. The second-order valence-corrected chi connectivity index (χ2v) is 8.83. The van der Waals surface area contributed by atoms with Crippen molar-refractivity contribution in [3.63, 3.8) is 0 Å². The molecule has 166 valence electrons. The number of hydrogen-bond donors (Lipinski definition) is 1. The number of benzene rings is 2. The average molecular weight is 531 g/mol. The van der Waals surface area contributed by atoms with Crippen LogP contribution in [-0.2, 0) is 20.2 Å². The van der Waals surface area contributed by atoms with E-state index in [1.807, 2.05) is 13.1 Å². The molecule has 3 aromatic rings. The van der Waals surface area contributed by atoms with Gasteiger partial charge >= 0.3 is 0 Å². The minimum Gasteiger partial charge on any atom is -0.493 e. The summed E-state index contributed by atoms with van der Waals surface area (Å²) >= 11 is 11.3. The van der Waals surface area contributed by atoms with Crippen LogP contribution in [0.25, 0.3) is 0 Å². The summed E-state index contributed by atoms with van der Waals surface area (Å²) in [6, 6.07) is 8.27. The van der Waals surface area contributed by atoms with Crippen molar-refractivity contribution < 1.29 is 13.9 Å². The number of aromatic nitrogens is 4. The highest BCUT2D eigenvalue weighted by Gasteiger charge is 2.16. The van der Waals surface area contributed by atoms with E-state index in [4.69, 9.17) is 21.1 Å². The van der Waals surface area contributed by atoms with Crippen molar-refractivity contribution in [2.75, 3.05) is 19.4 Å². The summed E-state index contributed by atoms with van der Waals surface area (Å²) in [5.41, 5.74) is 1.19. The van der Waals surface area contributed by atoms with Crippen molar-refractivity contribution in [3.05, 3.63) is 56.8 Å². The van der Waals surface area contributed by atoms with E-state index >= 15 is 0 Å². The first-order valence-corrected chi connectivity index (χ1v) is 11.6. The highest BCUT2D eigenvalue weighted by molar-refractivity contribution is 9.10. The summed E-state index contributed by atoms with van der Waals surface area (Å²) in [4.78, 5) is 0. The van der Waals surface area contributed by atoms with Gasteiger partial charge in [0.25, 0.3) is 0 Å². The van der Waals surface area contributed by atoms with Crippen molar-refractivity contribution in [2.45, 2.75) is 24.7 Å². The van der Waals surface area contributed by atoms with Gasteiger partial charge in [0.1, 0.15) is 12.4 Å². The normalized spacial score (nSPS) is 11.0. The molecular formula is C20H22BrClFN5O2S. The Morgan fingerprint density at radius 3 is 2.81 bits per heavy atom. The van der Waals surface area contributed by atoms with Gasteiger partial charge in [0, 0.05) is 34.9 Å². The first-order valence-electron chi connectivity index (χ1n) is 9.48. The summed E-state index contributed by atoms with van der Waals surface area (Å²) < 4.78 is 28.1. The maximum atomic E-state index is 14.1. The molecule has 0 unspecified atom stereocenters. The van der Waals surface area contributed by atoms with Gasteiger partial charge < -0.3 is 14.8 Å². The largest absolute Gasteiger partial charge is 0.493 e.